The SMILES string of the molecule is Fc1cc(Br)cc(OCCNCc2ccccn2)c1. The van der Waals surface area contributed by atoms with Crippen LogP contribution in [0.15, 0.2) is 47.1 Å². The van der Waals surface area contributed by atoms with E-state index >= 15 is 0 Å². The van der Waals surface area contributed by atoms with Gasteiger partial charge in [-0.15, -0.1) is 0 Å². The number of nitrogens with one attached hydrogen (secondary N) is 1. The average Bonchev–Trinajstić information content (AvgIpc) is 2.38. The summed E-state index contributed by atoms with van der Waals surface area (Å²) in [5.74, 6) is 0.206. The summed E-state index contributed by atoms with van der Waals surface area (Å²) in [7, 11) is 0. The molecule has 0 atom stereocenters. The van der Waals surface area contributed by atoms with Crippen LogP contribution in [-0.2, 0) is 6.54 Å². The Labute approximate surface area is 119 Å². The number of halogens is 2. The molecule has 2 rings (SSSR count). The van der Waals surface area contributed by atoms with E-state index in [4.69, 9.17) is 4.74 Å². The van der Waals surface area contributed by atoms with Gasteiger partial charge in [-0.05, 0) is 24.3 Å². The first kappa shape index (κ1) is 14.0. The summed E-state index contributed by atoms with van der Waals surface area (Å²) < 4.78 is 19.2. The molecule has 5 heteroatoms. The van der Waals surface area contributed by atoms with Crippen LogP contribution in [0.25, 0.3) is 0 Å². The summed E-state index contributed by atoms with van der Waals surface area (Å²) in [6, 6.07) is 10.3. The molecular weight excluding hydrogens is 311 g/mol. The zero-order valence-corrected chi connectivity index (χ0v) is 11.9. The van der Waals surface area contributed by atoms with Crippen LogP contribution in [0.2, 0.25) is 0 Å². The van der Waals surface area contributed by atoms with Crippen molar-refractivity contribution in [2.75, 3.05) is 13.2 Å². The Kier molecular flexibility index (Phi) is 5.30. The molecule has 0 amide bonds. The molecule has 0 bridgehead atoms. The molecular formula is C14H14BrFN2O. The fourth-order valence-electron chi connectivity index (χ4n) is 1.57. The molecule has 0 aliphatic heterocycles. The van der Waals surface area contributed by atoms with Crippen LogP contribution in [0.4, 0.5) is 4.39 Å². The topological polar surface area (TPSA) is 34.1 Å². The van der Waals surface area contributed by atoms with Crippen molar-refractivity contribution >= 4 is 15.9 Å². The molecule has 1 aromatic heterocycles. The fraction of sp³-hybridized carbons (Fsp3) is 0.214. The summed E-state index contributed by atoms with van der Waals surface area (Å²) in [4.78, 5) is 4.20. The van der Waals surface area contributed by atoms with Crippen molar-refractivity contribution in [3.8, 4) is 5.75 Å². The van der Waals surface area contributed by atoms with Crippen LogP contribution in [0, 0.1) is 5.82 Å². The lowest BCUT2D eigenvalue weighted by Gasteiger charge is -2.08. The third-order valence-corrected chi connectivity index (χ3v) is 2.87. The van der Waals surface area contributed by atoms with Crippen molar-refractivity contribution in [2.45, 2.75) is 6.54 Å². The highest BCUT2D eigenvalue weighted by molar-refractivity contribution is 9.10. The van der Waals surface area contributed by atoms with Crippen LogP contribution < -0.4 is 10.1 Å². The summed E-state index contributed by atoms with van der Waals surface area (Å²) in [6.07, 6.45) is 1.76. The molecule has 0 saturated carbocycles. The van der Waals surface area contributed by atoms with E-state index in [2.05, 4.69) is 26.2 Å². The first-order chi connectivity index (χ1) is 9.24. The standard InChI is InChI=1S/C14H14BrFN2O/c15-11-7-12(16)9-14(8-11)19-6-5-17-10-13-3-1-2-4-18-13/h1-4,7-9,17H,5-6,10H2. The second-order valence-electron chi connectivity index (χ2n) is 3.95. The third-order valence-electron chi connectivity index (χ3n) is 2.42. The number of ether oxygens (including phenoxy) is 1. The molecule has 0 fully saturated rings. The Morgan fingerprint density at radius 2 is 2.16 bits per heavy atom. The minimum absolute atomic E-state index is 0.314. The highest BCUT2D eigenvalue weighted by Crippen LogP contribution is 2.20. The molecule has 1 N–H and O–H groups in total. The Morgan fingerprint density at radius 1 is 1.26 bits per heavy atom. The Morgan fingerprint density at radius 3 is 2.89 bits per heavy atom. The zero-order chi connectivity index (χ0) is 13.5. The number of pyridine rings is 1. The molecule has 0 radical (unpaired) electrons. The van der Waals surface area contributed by atoms with Crippen LogP contribution in [0.1, 0.15) is 5.69 Å². The third kappa shape index (κ3) is 4.96. The van der Waals surface area contributed by atoms with Crippen LogP contribution in [-0.4, -0.2) is 18.1 Å². The minimum atomic E-state index is -0.314. The van der Waals surface area contributed by atoms with Gasteiger partial charge >= 0.3 is 0 Å². The molecule has 1 heterocycles. The van der Waals surface area contributed by atoms with E-state index in [1.54, 1.807) is 12.3 Å². The summed E-state index contributed by atoms with van der Waals surface area (Å²) in [5.41, 5.74) is 0.982. The molecule has 0 aliphatic rings. The predicted molar refractivity (Wildman–Crippen MR) is 75.5 cm³/mol. The van der Waals surface area contributed by atoms with Crippen LogP contribution in [0.5, 0.6) is 5.75 Å². The number of nitrogens with zero attached hydrogens (tertiary/aromatic N) is 1. The second-order valence-corrected chi connectivity index (χ2v) is 4.87. The Balaban J connectivity index is 1.69. The average molecular weight is 325 g/mol. The highest BCUT2D eigenvalue weighted by atomic mass is 79.9. The maximum atomic E-state index is 13.1. The van der Waals surface area contributed by atoms with Gasteiger partial charge in [0.2, 0.25) is 0 Å². The van der Waals surface area contributed by atoms with Crippen molar-refractivity contribution in [3.05, 3.63) is 58.6 Å². The fourth-order valence-corrected chi connectivity index (χ4v) is 2.02. The molecule has 0 spiro atoms. The summed E-state index contributed by atoms with van der Waals surface area (Å²) in [6.45, 7) is 1.84. The molecule has 0 saturated heterocycles. The lowest BCUT2D eigenvalue weighted by molar-refractivity contribution is 0.311. The van der Waals surface area contributed by atoms with Crippen molar-refractivity contribution < 1.29 is 9.13 Å². The van der Waals surface area contributed by atoms with Gasteiger partial charge in [-0.1, -0.05) is 22.0 Å². The smallest absolute Gasteiger partial charge is 0.128 e. The zero-order valence-electron chi connectivity index (χ0n) is 10.3. The van der Waals surface area contributed by atoms with Gasteiger partial charge in [0.05, 0.1) is 5.69 Å². The predicted octanol–water partition coefficient (Wildman–Crippen LogP) is 3.15. The monoisotopic (exact) mass is 324 g/mol. The lowest BCUT2D eigenvalue weighted by atomic mass is 10.3. The first-order valence-corrected chi connectivity index (χ1v) is 6.73. The van der Waals surface area contributed by atoms with E-state index in [1.807, 2.05) is 18.2 Å². The van der Waals surface area contributed by atoms with E-state index < -0.39 is 0 Å². The molecule has 100 valence electrons. The Hall–Kier alpha value is -1.46. The number of aromatic nitrogens is 1. The molecule has 0 unspecified atom stereocenters. The summed E-state index contributed by atoms with van der Waals surface area (Å²) >= 11 is 3.22. The van der Waals surface area contributed by atoms with E-state index in [1.165, 1.54) is 12.1 Å². The largest absolute Gasteiger partial charge is 0.492 e. The number of benzene rings is 1. The van der Waals surface area contributed by atoms with E-state index in [-0.39, 0.29) is 5.82 Å². The second kappa shape index (κ2) is 7.21. The van der Waals surface area contributed by atoms with Gasteiger partial charge in [-0.3, -0.25) is 4.98 Å². The molecule has 3 nitrogen and oxygen atoms in total. The quantitative estimate of drug-likeness (QED) is 0.829. The van der Waals surface area contributed by atoms with Gasteiger partial charge < -0.3 is 10.1 Å². The normalized spacial score (nSPS) is 10.4. The van der Waals surface area contributed by atoms with Gasteiger partial charge in [-0.25, -0.2) is 4.39 Å². The van der Waals surface area contributed by atoms with Gasteiger partial charge in [0.1, 0.15) is 18.2 Å². The van der Waals surface area contributed by atoms with E-state index in [0.717, 1.165) is 5.69 Å². The van der Waals surface area contributed by atoms with E-state index in [0.29, 0.717) is 29.9 Å². The molecule has 1 aromatic carbocycles. The van der Waals surface area contributed by atoms with Crippen LogP contribution in [0.3, 0.4) is 0 Å². The maximum Gasteiger partial charge on any atom is 0.128 e. The minimum Gasteiger partial charge on any atom is -0.492 e. The summed E-state index contributed by atoms with van der Waals surface area (Å²) in [5, 5.41) is 3.21. The lowest BCUT2D eigenvalue weighted by Crippen LogP contribution is -2.21. The molecule has 19 heavy (non-hydrogen) atoms. The van der Waals surface area contributed by atoms with Crippen LogP contribution >= 0.6 is 15.9 Å². The molecule has 2 aromatic rings. The number of rotatable bonds is 6. The van der Waals surface area contributed by atoms with Crippen molar-refractivity contribution in [1.82, 2.24) is 10.3 Å². The van der Waals surface area contributed by atoms with Gasteiger partial charge in [0.15, 0.2) is 0 Å². The number of hydrogen-bond acceptors (Lipinski definition) is 3. The number of hydrogen-bond donors (Lipinski definition) is 1. The molecule has 0 aliphatic carbocycles. The highest BCUT2D eigenvalue weighted by Gasteiger charge is 2.00. The van der Waals surface area contributed by atoms with E-state index in [9.17, 15) is 4.39 Å². The van der Waals surface area contributed by atoms with Crippen molar-refractivity contribution in [3.63, 3.8) is 0 Å². The first-order valence-electron chi connectivity index (χ1n) is 5.93. The van der Waals surface area contributed by atoms with Crippen molar-refractivity contribution in [2.24, 2.45) is 0 Å². The van der Waals surface area contributed by atoms with Gasteiger partial charge in [-0.2, -0.15) is 0 Å². The Bertz CT molecular complexity index is 502. The van der Waals surface area contributed by atoms with Gasteiger partial charge in [0.25, 0.3) is 0 Å². The van der Waals surface area contributed by atoms with Crippen molar-refractivity contribution in [1.29, 1.82) is 0 Å². The maximum absolute atomic E-state index is 13.1. The van der Waals surface area contributed by atoms with Gasteiger partial charge in [0, 0.05) is 29.8 Å².